The van der Waals surface area contributed by atoms with Gasteiger partial charge < -0.3 is 10.1 Å². The highest BCUT2D eigenvalue weighted by Gasteiger charge is 2.22. The molecule has 1 N–H and O–H groups in total. The summed E-state index contributed by atoms with van der Waals surface area (Å²) in [6.45, 7) is 4.17. The summed E-state index contributed by atoms with van der Waals surface area (Å²) in [4.78, 5) is 0. The van der Waals surface area contributed by atoms with Gasteiger partial charge in [0.1, 0.15) is 17.7 Å². The van der Waals surface area contributed by atoms with E-state index in [1.165, 1.54) is 6.07 Å². The van der Waals surface area contributed by atoms with Gasteiger partial charge >= 0.3 is 0 Å². The van der Waals surface area contributed by atoms with Crippen molar-refractivity contribution in [2.45, 2.75) is 32.3 Å². The van der Waals surface area contributed by atoms with Crippen LogP contribution in [0.3, 0.4) is 0 Å². The Morgan fingerprint density at radius 2 is 2.31 bits per heavy atom. The number of halogens is 1. The number of benzene rings is 1. The molecule has 1 unspecified atom stereocenters. The van der Waals surface area contributed by atoms with E-state index in [1.54, 1.807) is 12.1 Å². The topological polar surface area (TPSA) is 21.3 Å². The van der Waals surface area contributed by atoms with Crippen molar-refractivity contribution >= 4 is 0 Å². The van der Waals surface area contributed by atoms with Crippen molar-refractivity contribution < 1.29 is 9.13 Å². The molecule has 0 amide bonds. The zero-order valence-electron chi connectivity index (χ0n) is 9.63. The average Bonchev–Trinajstić information content (AvgIpc) is 2.66. The van der Waals surface area contributed by atoms with Gasteiger partial charge in [-0.15, -0.1) is 0 Å². The first kappa shape index (κ1) is 11.4. The fourth-order valence-corrected chi connectivity index (χ4v) is 2.01. The molecule has 2 nitrogen and oxygen atoms in total. The van der Waals surface area contributed by atoms with Crippen LogP contribution in [0.2, 0.25) is 0 Å². The zero-order chi connectivity index (χ0) is 11.4. The van der Waals surface area contributed by atoms with Crippen molar-refractivity contribution in [2.75, 3.05) is 13.1 Å². The predicted molar refractivity (Wildman–Crippen MR) is 62.3 cm³/mol. The largest absolute Gasteiger partial charge is 0.490 e. The minimum absolute atomic E-state index is 0.174. The van der Waals surface area contributed by atoms with Crippen molar-refractivity contribution in [1.29, 1.82) is 0 Å². The molecule has 1 aliphatic rings. The van der Waals surface area contributed by atoms with Gasteiger partial charge in [-0.1, -0.05) is 6.92 Å². The maximum atomic E-state index is 13.0. The lowest BCUT2D eigenvalue weighted by Gasteiger charge is -2.10. The number of ether oxygens (including phenoxy) is 1. The third kappa shape index (κ3) is 2.73. The normalized spacial score (nSPS) is 18.2. The zero-order valence-corrected chi connectivity index (χ0v) is 9.63. The van der Waals surface area contributed by atoms with Crippen molar-refractivity contribution in [3.05, 3.63) is 29.6 Å². The molecule has 1 heterocycles. The summed E-state index contributed by atoms with van der Waals surface area (Å²) in [5.74, 6) is 0.675. The van der Waals surface area contributed by atoms with Gasteiger partial charge in [0.05, 0.1) is 0 Å². The summed E-state index contributed by atoms with van der Waals surface area (Å²) < 4.78 is 18.7. The molecule has 1 aromatic rings. The molecule has 0 aromatic heterocycles. The fourth-order valence-electron chi connectivity index (χ4n) is 2.01. The molecule has 1 aliphatic heterocycles. The maximum Gasteiger partial charge on any atom is 0.123 e. The summed E-state index contributed by atoms with van der Waals surface area (Å²) in [5.41, 5.74) is 1.00. The lowest BCUT2D eigenvalue weighted by Crippen LogP contribution is -2.23. The smallest absolute Gasteiger partial charge is 0.123 e. The minimum atomic E-state index is -0.174. The third-order valence-corrected chi connectivity index (χ3v) is 2.83. The Morgan fingerprint density at radius 1 is 1.44 bits per heavy atom. The summed E-state index contributed by atoms with van der Waals surface area (Å²) in [7, 11) is 0. The monoisotopic (exact) mass is 223 g/mol. The van der Waals surface area contributed by atoms with Gasteiger partial charge in [-0.2, -0.15) is 0 Å². The second-order valence-corrected chi connectivity index (χ2v) is 4.23. The lowest BCUT2D eigenvalue weighted by molar-refractivity contribution is 0.220. The Hall–Kier alpha value is -1.09. The van der Waals surface area contributed by atoms with E-state index >= 15 is 0 Å². The second kappa shape index (κ2) is 5.30. The molecule has 0 radical (unpaired) electrons. The van der Waals surface area contributed by atoms with Crippen LogP contribution in [0.5, 0.6) is 5.75 Å². The molecule has 0 fully saturated rings. The Kier molecular flexibility index (Phi) is 3.78. The lowest BCUT2D eigenvalue weighted by atomic mass is 10.1. The molecule has 1 atom stereocenters. The molecule has 3 heteroatoms. The molecule has 0 saturated carbocycles. The highest BCUT2D eigenvalue weighted by molar-refractivity contribution is 5.37. The SMILES string of the molecule is CCCNCCC1Cc2cc(F)ccc2O1. The second-order valence-electron chi connectivity index (χ2n) is 4.23. The van der Waals surface area contributed by atoms with Crippen LogP contribution in [0.1, 0.15) is 25.3 Å². The van der Waals surface area contributed by atoms with Crippen molar-refractivity contribution in [2.24, 2.45) is 0 Å². The number of hydrogen-bond acceptors (Lipinski definition) is 2. The Morgan fingerprint density at radius 3 is 3.12 bits per heavy atom. The predicted octanol–water partition coefficient (Wildman–Crippen LogP) is 2.52. The number of rotatable bonds is 5. The Labute approximate surface area is 95.8 Å². The standard InChI is InChI=1S/C13H18FNO/c1-2-6-15-7-5-12-9-10-8-11(14)3-4-13(10)16-12/h3-4,8,12,15H,2,5-7,9H2,1H3. The molecule has 88 valence electrons. The number of hydrogen-bond donors (Lipinski definition) is 1. The van der Waals surface area contributed by atoms with E-state index in [1.807, 2.05) is 0 Å². The Bertz CT molecular complexity index is 354. The van der Waals surface area contributed by atoms with Gasteiger partial charge in [-0.25, -0.2) is 4.39 Å². The number of nitrogens with one attached hydrogen (secondary N) is 1. The summed E-state index contributed by atoms with van der Waals surface area (Å²) in [6.07, 6.45) is 3.18. The van der Waals surface area contributed by atoms with Crippen molar-refractivity contribution in [1.82, 2.24) is 5.32 Å². The van der Waals surface area contributed by atoms with Gasteiger partial charge in [0.25, 0.3) is 0 Å². The van der Waals surface area contributed by atoms with Gasteiger partial charge in [0.15, 0.2) is 0 Å². The molecular weight excluding hydrogens is 205 g/mol. The summed E-state index contributed by atoms with van der Waals surface area (Å²) in [5, 5.41) is 3.35. The van der Waals surface area contributed by atoms with Crippen LogP contribution in [-0.2, 0) is 6.42 Å². The van der Waals surface area contributed by atoms with E-state index in [-0.39, 0.29) is 11.9 Å². The van der Waals surface area contributed by atoms with Crippen LogP contribution >= 0.6 is 0 Å². The van der Waals surface area contributed by atoms with E-state index in [0.29, 0.717) is 0 Å². The van der Waals surface area contributed by atoms with Crippen LogP contribution in [0.15, 0.2) is 18.2 Å². The molecule has 0 aliphatic carbocycles. The van der Waals surface area contributed by atoms with E-state index in [4.69, 9.17) is 4.74 Å². The van der Waals surface area contributed by atoms with Gasteiger partial charge in [0.2, 0.25) is 0 Å². The van der Waals surface area contributed by atoms with Crippen LogP contribution in [0.4, 0.5) is 4.39 Å². The Balaban J connectivity index is 1.81. The van der Waals surface area contributed by atoms with Crippen LogP contribution < -0.4 is 10.1 Å². The van der Waals surface area contributed by atoms with E-state index < -0.39 is 0 Å². The van der Waals surface area contributed by atoms with Gasteiger partial charge in [-0.05, 0) is 44.1 Å². The molecule has 1 aromatic carbocycles. The highest BCUT2D eigenvalue weighted by atomic mass is 19.1. The fraction of sp³-hybridized carbons (Fsp3) is 0.538. The first-order valence-corrected chi connectivity index (χ1v) is 5.95. The third-order valence-electron chi connectivity index (χ3n) is 2.83. The molecule has 0 bridgehead atoms. The van der Waals surface area contributed by atoms with E-state index in [9.17, 15) is 4.39 Å². The molecule has 0 saturated heterocycles. The highest BCUT2D eigenvalue weighted by Crippen LogP contribution is 2.30. The summed E-state index contributed by atoms with van der Waals surface area (Å²) in [6, 6.07) is 4.76. The van der Waals surface area contributed by atoms with E-state index in [2.05, 4.69) is 12.2 Å². The first-order chi connectivity index (χ1) is 7.79. The maximum absolute atomic E-state index is 13.0. The average molecular weight is 223 g/mol. The van der Waals surface area contributed by atoms with Crippen LogP contribution in [0, 0.1) is 5.82 Å². The molecule has 2 rings (SSSR count). The quantitative estimate of drug-likeness (QED) is 0.774. The van der Waals surface area contributed by atoms with Crippen LogP contribution in [-0.4, -0.2) is 19.2 Å². The van der Waals surface area contributed by atoms with Crippen molar-refractivity contribution in [3.8, 4) is 5.75 Å². The van der Waals surface area contributed by atoms with Gasteiger partial charge in [0, 0.05) is 12.0 Å². The van der Waals surface area contributed by atoms with E-state index in [0.717, 1.165) is 43.7 Å². The minimum Gasteiger partial charge on any atom is -0.490 e. The molecular formula is C13H18FNO. The molecule has 16 heavy (non-hydrogen) atoms. The van der Waals surface area contributed by atoms with Gasteiger partial charge in [-0.3, -0.25) is 0 Å². The van der Waals surface area contributed by atoms with Crippen molar-refractivity contribution in [3.63, 3.8) is 0 Å². The van der Waals surface area contributed by atoms with Crippen LogP contribution in [0.25, 0.3) is 0 Å². The first-order valence-electron chi connectivity index (χ1n) is 5.95. The molecule has 0 spiro atoms. The summed E-state index contributed by atoms with van der Waals surface area (Å²) >= 11 is 0. The number of fused-ring (bicyclic) bond motifs is 1.